The van der Waals surface area contributed by atoms with Gasteiger partial charge in [-0.3, -0.25) is 4.79 Å². The van der Waals surface area contributed by atoms with Crippen molar-refractivity contribution < 1.29 is 9.21 Å². The fraction of sp³-hybridized carbons (Fsp3) is 0. The van der Waals surface area contributed by atoms with Gasteiger partial charge in [-0.15, -0.1) is 0 Å². The van der Waals surface area contributed by atoms with Crippen molar-refractivity contribution in [3.05, 3.63) is 66.8 Å². The van der Waals surface area contributed by atoms with E-state index in [1.54, 1.807) is 41.4 Å². The number of furan rings is 1. The molecule has 4 aromatic heterocycles. The number of amides is 1. The van der Waals surface area contributed by atoms with Gasteiger partial charge in [0.2, 0.25) is 0 Å². The number of carbonyl (C=O) groups excluding carboxylic acids is 1. The van der Waals surface area contributed by atoms with E-state index in [-0.39, 0.29) is 5.91 Å². The van der Waals surface area contributed by atoms with Crippen LogP contribution in [0.15, 0.2) is 65.7 Å². The average molecular weight is 344 g/mol. The van der Waals surface area contributed by atoms with Gasteiger partial charge in [-0.25, -0.2) is 14.5 Å². The number of nitrogens with zero attached hydrogens (tertiary/aromatic N) is 4. The Morgan fingerprint density at radius 2 is 2.19 bits per heavy atom. The Bertz CT molecular complexity index is 1240. The van der Waals surface area contributed by atoms with Gasteiger partial charge in [-0.05, 0) is 36.4 Å². The van der Waals surface area contributed by atoms with E-state index in [1.165, 1.54) is 6.20 Å². The van der Waals surface area contributed by atoms with Gasteiger partial charge in [0.05, 0.1) is 23.5 Å². The Balaban J connectivity index is 1.46. The molecule has 0 aliphatic rings. The van der Waals surface area contributed by atoms with Gasteiger partial charge in [0.15, 0.2) is 17.2 Å². The number of benzene rings is 1. The molecule has 0 radical (unpaired) electrons. The summed E-state index contributed by atoms with van der Waals surface area (Å²) in [6.07, 6.45) is 6.46. The van der Waals surface area contributed by atoms with Gasteiger partial charge < -0.3 is 14.7 Å². The van der Waals surface area contributed by atoms with Gasteiger partial charge in [0.25, 0.3) is 5.91 Å². The van der Waals surface area contributed by atoms with Gasteiger partial charge in [-0.2, -0.15) is 5.10 Å². The summed E-state index contributed by atoms with van der Waals surface area (Å²) in [5, 5.41) is 7.00. The molecule has 26 heavy (non-hydrogen) atoms. The van der Waals surface area contributed by atoms with E-state index < -0.39 is 0 Å². The summed E-state index contributed by atoms with van der Waals surface area (Å²) in [5.74, 6) is 1.02. The normalized spacial score (nSPS) is 11.2. The first-order chi connectivity index (χ1) is 12.8. The third-order valence-electron chi connectivity index (χ3n) is 4.02. The quantitative estimate of drug-likeness (QED) is 0.524. The summed E-state index contributed by atoms with van der Waals surface area (Å²) in [4.78, 5) is 24.4. The zero-order chi connectivity index (χ0) is 17.5. The third-order valence-corrected chi connectivity index (χ3v) is 4.02. The maximum atomic E-state index is 12.6. The fourth-order valence-corrected chi connectivity index (χ4v) is 2.80. The number of hydrogen-bond acceptors (Lipinski definition) is 5. The lowest BCUT2D eigenvalue weighted by Gasteiger charge is -2.03. The van der Waals surface area contributed by atoms with E-state index in [9.17, 15) is 4.79 Å². The zero-order valence-corrected chi connectivity index (χ0v) is 13.4. The number of aromatic nitrogens is 5. The molecule has 0 saturated carbocycles. The van der Waals surface area contributed by atoms with Crippen molar-refractivity contribution in [3.63, 3.8) is 0 Å². The van der Waals surface area contributed by atoms with Crippen LogP contribution in [0.25, 0.3) is 28.3 Å². The second-order valence-electron chi connectivity index (χ2n) is 5.69. The number of nitrogens with one attached hydrogen (secondary N) is 2. The lowest BCUT2D eigenvalue weighted by molar-refractivity contribution is 0.102. The van der Waals surface area contributed by atoms with E-state index in [2.05, 4.69) is 25.4 Å². The summed E-state index contributed by atoms with van der Waals surface area (Å²) < 4.78 is 6.91. The summed E-state index contributed by atoms with van der Waals surface area (Å²) in [6, 6.07) is 10.8. The van der Waals surface area contributed by atoms with Gasteiger partial charge >= 0.3 is 0 Å². The number of H-pyrrole nitrogens is 1. The number of imidazole rings is 1. The monoisotopic (exact) mass is 344 g/mol. The van der Waals surface area contributed by atoms with Crippen LogP contribution in [-0.4, -0.2) is 30.5 Å². The molecule has 0 aliphatic heterocycles. The minimum atomic E-state index is -0.274. The van der Waals surface area contributed by atoms with E-state index >= 15 is 0 Å². The maximum Gasteiger partial charge on any atom is 0.261 e. The van der Waals surface area contributed by atoms with Gasteiger partial charge in [-0.1, -0.05) is 0 Å². The predicted molar refractivity (Wildman–Crippen MR) is 94.7 cm³/mol. The molecule has 8 nitrogen and oxygen atoms in total. The summed E-state index contributed by atoms with van der Waals surface area (Å²) in [5.41, 5.74) is 3.14. The third kappa shape index (κ3) is 2.32. The molecule has 0 atom stereocenters. The minimum absolute atomic E-state index is 0.274. The molecule has 1 aromatic carbocycles. The van der Waals surface area contributed by atoms with Crippen LogP contribution in [0.4, 0.5) is 5.69 Å². The average Bonchev–Trinajstić information content (AvgIpc) is 3.39. The highest BCUT2D eigenvalue weighted by atomic mass is 16.3. The Labute approximate surface area is 146 Å². The number of rotatable bonds is 3. The van der Waals surface area contributed by atoms with Crippen molar-refractivity contribution in [3.8, 4) is 11.6 Å². The number of fused-ring (bicyclic) bond motifs is 2. The van der Waals surface area contributed by atoms with Crippen molar-refractivity contribution in [2.75, 3.05) is 5.32 Å². The molecule has 8 heteroatoms. The van der Waals surface area contributed by atoms with Gasteiger partial charge in [0, 0.05) is 18.1 Å². The number of carbonyl (C=O) groups is 1. The molecular formula is C18H12N6O2. The van der Waals surface area contributed by atoms with Crippen LogP contribution >= 0.6 is 0 Å². The fourth-order valence-electron chi connectivity index (χ4n) is 2.80. The molecule has 126 valence electrons. The van der Waals surface area contributed by atoms with Crippen LogP contribution in [0.3, 0.4) is 0 Å². The van der Waals surface area contributed by atoms with Crippen LogP contribution in [0, 0.1) is 0 Å². The molecule has 0 fully saturated rings. The predicted octanol–water partition coefficient (Wildman–Crippen LogP) is 3.12. The number of anilines is 1. The van der Waals surface area contributed by atoms with Crippen molar-refractivity contribution in [1.29, 1.82) is 0 Å². The molecule has 5 aromatic rings. The smallest absolute Gasteiger partial charge is 0.261 e. The molecular weight excluding hydrogens is 332 g/mol. The molecule has 1 amide bonds. The van der Waals surface area contributed by atoms with E-state index in [0.29, 0.717) is 28.5 Å². The SMILES string of the molecule is O=C(Nc1ccc2nc(-c3ccco3)[nH]c2c1)c1cnn2cccnc12. The van der Waals surface area contributed by atoms with Crippen LogP contribution in [-0.2, 0) is 0 Å². The van der Waals surface area contributed by atoms with Crippen molar-refractivity contribution >= 4 is 28.3 Å². The molecule has 5 rings (SSSR count). The molecule has 4 heterocycles. The second kappa shape index (κ2) is 5.55. The zero-order valence-electron chi connectivity index (χ0n) is 13.4. The molecule has 0 aliphatic carbocycles. The van der Waals surface area contributed by atoms with Crippen molar-refractivity contribution in [2.24, 2.45) is 0 Å². The first-order valence-corrected chi connectivity index (χ1v) is 7.91. The number of aromatic amines is 1. The molecule has 2 N–H and O–H groups in total. The minimum Gasteiger partial charge on any atom is -0.461 e. The Morgan fingerprint density at radius 3 is 3.08 bits per heavy atom. The standard InChI is InChI=1S/C18H12N6O2/c25-18(12-10-20-24-7-2-6-19-17(12)24)21-11-4-5-13-14(9-11)23-16(22-13)15-3-1-8-26-15/h1-10H,(H,21,25)(H,22,23). The van der Waals surface area contributed by atoms with Crippen LogP contribution < -0.4 is 5.32 Å². The maximum absolute atomic E-state index is 12.6. The first kappa shape index (κ1) is 14.4. The number of hydrogen-bond donors (Lipinski definition) is 2. The van der Waals surface area contributed by atoms with E-state index in [0.717, 1.165) is 11.0 Å². The Kier molecular flexibility index (Phi) is 3.08. The lowest BCUT2D eigenvalue weighted by atomic mass is 10.2. The van der Waals surface area contributed by atoms with Gasteiger partial charge in [0.1, 0.15) is 5.56 Å². The van der Waals surface area contributed by atoms with E-state index in [1.807, 2.05) is 18.2 Å². The topological polar surface area (TPSA) is 101 Å². The summed E-state index contributed by atoms with van der Waals surface area (Å²) in [7, 11) is 0. The Hall–Kier alpha value is -3.94. The summed E-state index contributed by atoms with van der Waals surface area (Å²) >= 11 is 0. The van der Waals surface area contributed by atoms with Crippen LogP contribution in [0.5, 0.6) is 0 Å². The lowest BCUT2D eigenvalue weighted by Crippen LogP contribution is -2.11. The molecule has 0 saturated heterocycles. The Morgan fingerprint density at radius 1 is 1.23 bits per heavy atom. The molecule has 0 spiro atoms. The second-order valence-corrected chi connectivity index (χ2v) is 5.69. The highest BCUT2D eigenvalue weighted by Crippen LogP contribution is 2.23. The van der Waals surface area contributed by atoms with Crippen LogP contribution in [0.2, 0.25) is 0 Å². The summed E-state index contributed by atoms with van der Waals surface area (Å²) in [6.45, 7) is 0. The molecule has 0 unspecified atom stereocenters. The molecule has 0 bridgehead atoms. The highest BCUT2D eigenvalue weighted by molar-refractivity contribution is 6.08. The van der Waals surface area contributed by atoms with E-state index in [4.69, 9.17) is 4.42 Å². The van der Waals surface area contributed by atoms with Crippen LogP contribution in [0.1, 0.15) is 10.4 Å². The largest absolute Gasteiger partial charge is 0.461 e. The first-order valence-electron chi connectivity index (χ1n) is 7.91. The van der Waals surface area contributed by atoms with Crippen molar-refractivity contribution in [2.45, 2.75) is 0 Å². The highest BCUT2D eigenvalue weighted by Gasteiger charge is 2.14. The van der Waals surface area contributed by atoms with Crippen molar-refractivity contribution in [1.82, 2.24) is 24.6 Å².